The monoisotopic (exact) mass is 293 g/mol. The van der Waals surface area contributed by atoms with E-state index >= 15 is 0 Å². The lowest BCUT2D eigenvalue weighted by molar-refractivity contribution is -0.0142. The van der Waals surface area contributed by atoms with Crippen LogP contribution < -0.4 is 5.56 Å². The molecule has 0 saturated carbocycles. The van der Waals surface area contributed by atoms with Crippen LogP contribution in [-0.2, 0) is 11.3 Å². The zero-order valence-electron chi connectivity index (χ0n) is 10.9. The van der Waals surface area contributed by atoms with Crippen molar-refractivity contribution in [3.05, 3.63) is 57.0 Å². The predicted molar refractivity (Wildman–Crippen MR) is 76.8 cm³/mol. The topological polar surface area (TPSA) is 61.1 Å². The largest absolute Gasteiger partial charge is 0.378 e. The quantitative estimate of drug-likeness (QED) is 0.909. The summed E-state index contributed by atoms with van der Waals surface area (Å²) in [6.45, 7) is 2.93. The number of nitrogens with one attached hydrogen (secondary N) is 2. The number of hydrogen-bond acceptors (Lipinski definition) is 3. The third-order valence-corrected chi connectivity index (χ3v) is 3.77. The number of halogens is 1. The average Bonchev–Trinajstić information content (AvgIpc) is 2.88. The molecule has 20 heavy (non-hydrogen) atoms. The number of nitrogens with zero attached hydrogens (tertiary/aromatic N) is 1. The van der Waals surface area contributed by atoms with Crippen molar-refractivity contribution in [1.29, 1.82) is 0 Å². The first kappa shape index (κ1) is 13.4. The molecule has 5 nitrogen and oxygen atoms in total. The van der Waals surface area contributed by atoms with Crippen LogP contribution in [0.4, 0.5) is 0 Å². The number of hydrogen-bond donors (Lipinski definition) is 2. The van der Waals surface area contributed by atoms with Crippen molar-refractivity contribution in [3.63, 3.8) is 0 Å². The molecule has 1 aromatic heterocycles. The first-order chi connectivity index (χ1) is 9.72. The summed E-state index contributed by atoms with van der Waals surface area (Å²) in [7, 11) is 0. The van der Waals surface area contributed by atoms with Crippen LogP contribution in [0.2, 0.25) is 5.02 Å². The fraction of sp³-hybridized carbons (Fsp3) is 0.357. The van der Waals surface area contributed by atoms with Gasteiger partial charge in [0.1, 0.15) is 0 Å². The number of benzene rings is 1. The molecule has 1 unspecified atom stereocenters. The van der Waals surface area contributed by atoms with Gasteiger partial charge in [0, 0.05) is 24.2 Å². The molecule has 0 radical (unpaired) electrons. The summed E-state index contributed by atoms with van der Waals surface area (Å²) in [6.07, 6.45) is 0. The minimum atomic E-state index is -0.114. The summed E-state index contributed by atoms with van der Waals surface area (Å²) in [5.41, 5.74) is 1.94. The smallest absolute Gasteiger partial charge is 0.264 e. The van der Waals surface area contributed by atoms with Crippen molar-refractivity contribution < 1.29 is 4.74 Å². The van der Waals surface area contributed by atoms with Crippen LogP contribution in [-0.4, -0.2) is 34.9 Å². The molecule has 2 aromatic rings. The number of H-pyrrole nitrogens is 2. The molecule has 1 saturated heterocycles. The number of ether oxygens (including phenoxy) is 1. The Morgan fingerprint density at radius 3 is 2.80 bits per heavy atom. The Morgan fingerprint density at radius 2 is 2.10 bits per heavy atom. The van der Waals surface area contributed by atoms with Gasteiger partial charge in [-0.05, 0) is 17.7 Å². The number of aromatic amines is 2. The highest BCUT2D eigenvalue weighted by Crippen LogP contribution is 2.24. The van der Waals surface area contributed by atoms with E-state index in [4.69, 9.17) is 16.3 Å². The van der Waals surface area contributed by atoms with Crippen LogP contribution in [0.15, 0.2) is 35.1 Å². The van der Waals surface area contributed by atoms with E-state index < -0.39 is 0 Å². The second-order valence-electron chi connectivity index (χ2n) is 4.90. The Kier molecular flexibility index (Phi) is 3.91. The van der Waals surface area contributed by atoms with Gasteiger partial charge in [-0.25, -0.2) is 0 Å². The fourth-order valence-corrected chi connectivity index (χ4v) is 2.59. The van der Waals surface area contributed by atoms with Gasteiger partial charge in [-0.2, -0.15) is 0 Å². The Morgan fingerprint density at radius 1 is 1.30 bits per heavy atom. The number of rotatable bonds is 3. The van der Waals surface area contributed by atoms with Crippen molar-refractivity contribution >= 4 is 11.6 Å². The predicted octanol–water partition coefficient (Wildman–Crippen LogP) is 1.93. The van der Waals surface area contributed by atoms with E-state index in [1.54, 1.807) is 6.07 Å². The molecule has 106 valence electrons. The highest BCUT2D eigenvalue weighted by molar-refractivity contribution is 6.30. The number of morpholine rings is 1. The van der Waals surface area contributed by atoms with Gasteiger partial charge in [-0.3, -0.25) is 14.8 Å². The molecule has 1 aliphatic heterocycles. The molecule has 0 bridgehead atoms. The first-order valence-corrected chi connectivity index (χ1v) is 6.94. The SMILES string of the molecule is O=c1cc(C2COCCN2Cc2ccc(Cl)cc2)[nH][nH]1. The third kappa shape index (κ3) is 2.95. The zero-order chi connectivity index (χ0) is 13.9. The molecule has 6 heteroatoms. The van der Waals surface area contributed by atoms with Crippen molar-refractivity contribution in [2.24, 2.45) is 0 Å². The molecule has 1 fully saturated rings. The Hall–Kier alpha value is -1.56. The van der Waals surface area contributed by atoms with Crippen molar-refractivity contribution in [2.45, 2.75) is 12.6 Å². The molecule has 0 amide bonds. The molecule has 2 N–H and O–H groups in total. The van der Waals surface area contributed by atoms with E-state index in [1.807, 2.05) is 24.3 Å². The van der Waals surface area contributed by atoms with Crippen molar-refractivity contribution in [3.8, 4) is 0 Å². The summed E-state index contributed by atoms with van der Waals surface area (Å²) in [6, 6.07) is 9.49. The van der Waals surface area contributed by atoms with Gasteiger partial charge in [-0.1, -0.05) is 23.7 Å². The van der Waals surface area contributed by atoms with Crippen LogP contribution in [0.25, 0.3) is 0 Å². The van der Waals surface area contributed by atoms with E-state index in [-0.39, 0.29) is 11.6 Å². The number of aromatic nitrogens is 2. The molecule has 1 aromatic carbocycles. The highest BCUT2D eigenvalue weighted by Gasteiger charge is 2.25. The first-order valence-electron chi connectivity index (χ1n) is 6.56. The Labute approximate surface area is 121 Å². The normalized spacial score (nSPS) is 20.1. The van der Waals surface area contributed by atoms with Crippen LogP contribution >= 0.6 is 11.6 Å². The molecule has 0 spiro atoms. The van der Waals surface area contributed by atoms with E-state index in [9.17, 15) is 4.79 Å². The molecule has 1 atom stereocenters. The molecule has 1 aliphatic rings. The van der Waals surface area contributed by atoms with Gasteiger partial charge >= 0.3 is 0 Å². The van der Waals surface area contributed by atoms with Gasteiger partial charge in [0.15, 0.2) is 0 Å². The lowest BCUT2D eigenvalue weighted by Gasteiger charge is -2.34. The second kappa shape index (κ2) is 5.83. The zero-order valence-corrected chi connectivity index (χ0v) is 11.7. The van der Waals surface area contributed by atoms with E-state index in [0.717, 1.165) is 23.8 Å². The minimum Gasteiger partial charge on any atom is -0.378 e. The highest BCUT2D eigenvalue weighted by atomic mass is 35.5. The summed E-state index contributed by atoms with van der Waals surface area (Å²) >= 11 is 5.90. The van der Waals surface area contributed by atoms with Crippen LogP contribution in [0, 0.1) is 0 Å². The maximum atomic E-state index is 11.3. The van der Waals surface area contributed by atoms with Gasteiger partial charge < -0.3 is 9.84 Å². The van der Waals surface area contributed by atoms with E-state index in [1.165, 1.54) is 5.56 Å². The lowest BCUT2D eigenvalue weighted by Crippen LogP contribution is -2.39. The van der Waals surface area contributed by atoms with Gasteiger partial charge in [0.25, 0.3) is 5.56 Å². The molecule has 3 rings (SSSR count). The summed E-state index contributed by atoms with van der Waals surface area (Å²) in [5.74, 6) is 0. The van der Waals surface area contributed by atoms with Crippen molar-refractivity contribution in [1.82, 2.24) is 15.1 Å². The van der Waals surface area contributed by atoms with Crippen LogP contribution in [0.5, 0.6) is 0 Å². The molecular formula is C14H16ClN3O2. The van der Waals surface area contributed by atoms with Gasteiger partial charge in [0.2, 0.25) is 0 Å². The standard InChI is InChI=1S/C14H16ClN3O2/c15-11-3-1-10(2-4-11)8-18-5-6-20-9-13(18)12-7-14(19)17-16-12/h1-4,7,13H,5-6,8-9H2,(H2,16,17,19). The molecule has 0 aliphatic carbocycles. The maximum Gasteiger partial charge on any atom is 0.264 e. The van der Waals surface area contributed by atoms with E-state index in [2.05, 4.69) is 15.1 Å². The Bertz CT molecular complexity index is 620. The fourth-order valence-electron chi connectivity index (χ4n) is 2.46. The van der Waals surface area contributed by atoms with E-state index in [0.29, 0.717) is 13.2 Å². The molecular weight excluding hydrogens is 278 g/mol. The van der Waals surface area contributed by atoms with Crippen LogP contribution in [0.1, 0.15) is 17.3 Å². The average molecular weight is 294 g/mol. The van der Waals surface area contributed by atoms with Crippen LogP contribution in [0.3, 0.4) is 0 Å². The third-order valence-electron chi connectivity index (χ3n) is 3.51. The summed E-state index contributed by atoms with van der Waals surface area (Å²) < 4.78 is 5.53. The van der Waals surface area contributed by atoms with Gasteiger partial charge in [0.05, 0.1) is 24.9 Å². The van der Waals surface area contributed by atoms with Crippen molar-refractivity contribution in [2.75, 3.05) is 19.8 Å². The minimum absolute atomic E-state index is 0.0679. The van der Waals surface area contributed by atoms with Gasteiger partial charge in [-0.15, -0.1) is 0 Å². The second-order valence-corrected chi connectivity index (χ2v) is 5.34. The summed E-state index contributed by atoms with van der Waals surface area (Å²) in [4.78, 5) is 13.6. The maximum absolute atomic E-state index is 11.3. The Balaban J connectivity index is 1.78. The molecule has 2 heterocycles. The summed E-state index contributed by atoms with van der Waals surface area (Å²) in [5, 5.41) is 6.24. The lowest BCUT2D eigenvalue weighted by atomic mass is 10.1.